The molecule has 4 aliphatic carbocycles. The average Bonchev–Trinajstić information content (AvgIpc) is 2.55. The number of carbonyl (C=O) groups excluding carboxylic acids is 1. The van der Waals surface area contributed by atoms with Gasteiger partial charge in [0.2, 0.25) is 5.43 Å². The van der Waals surface area contributed by atoms with Gasteiger partial charge in [0, 0.05) is 18.8 Å². The predicted octanol–water partition coefficient (Wildman–Crippen LogP) is 2.88. The highest BCUT2D eigenvalue weighted by Gasteiger charge is 2.60. The smallest absolute Gasteiger partial charge is 0.267 e. The van der Waals surface area contributed by atoms with Crippen LogP contribution in [0.3, 0.4) is 0 Å². The Hall–Kier alpha value is -1.82. The standard InChI is InChI=1S/C21H30N2O4/c1-19-7-14-8-20(2,11-19)13-21(9-14,12-19)27-5-4-22-18(25)15-6-16(24)17(26-3)10-23-15/h6,10,14H,4-5,7-9,11-13H2,1-3H3,(H,22,25)(H,23,24)/t14?,19-,20+,21?. The second kappa shape index (κ2) is 6.36. The third-order valence-electron chi connectivity index (χ3n) is 6.71. The maximum Gasteiger partial charge on any atom is 0.267 e. The number of ether oxygens (including phenoxy) is 2. The topological polar surface area (TPSA) is 80.4 Å². The Kier molecular flexibility index (Phi) is 4.37. The molecule has 0 aromatic carbocycles. The second-order valence-corrected chi connectivity index (χ2v) is 9.70. The Morgan fingerprint density at radius 1 is 1.22 bits per heavy atom. The third kappa shape index (κ3) is 3.51. The molecular weight excluding hydrogens is 344 g/mol. The van der Waals surface area contributed by atoms with Gasteiger partial charge in [-0.2, -0.15) is 0 Å². The fraction of sp³-hybridized carbons (Fsp3) is 0.714. The van der Waals surface area contributed by atoms with Gasteiger partial charge in [-0.25, -0.2) is 0 Å². The average molecular weight is 374 g/mol. The summed E-state index contributed by atoms with van der Waals surface area (Å²) in [4.78, 5) is 26.8. The number of hydrogen-bond acceptors (Lipinski definition) is 4. The first-order valence-corrected chi connectivity index (χ1v) is 9.93. The predicted molar refractivity (Wildman–Crippen MR) is 102 cm³/mol. The molecule has 1 heterocycles. The quantitative estimate of drug-likeness (QED) is 0.751. The lowest BCUT2D eigenvalue weighted by Crippen LogP contribution is -2.59. The third-order valence-corrected chi connectivity index (χ3v) is 6.71. The van der Waals surface area contributed by atoms with E-state index < -0.39 is 0 Å². The first-order valence-electron chi connectivity index (χ1n) is 9.93. The molecule has 0 saturated heterocycles. The summed E-state index contributed by atoms with van der Waals surface area (Å²) in [5, 5.41) is 2.84. The van der Waals surface area contributed by atoms with Gasteiger partial charge in [0.15, 0.2) is 5.75 Å². The lowest BCUT2D eigenvalue weighted by molar-refractivity contribution is -0.213. The van der Waals surface area contributed by atoms with Crippen molar-refractivity contribution in [1.82, 2.24) is 10.3 Å². The Labute approximate surface area is 160 Å². The van der Waals surface area contributed by atoms with Crippen LogP contribution in [0, 0.1) is 16.7 Å². The summed E-state index contributed by atoms with van der Waals surface area (Å²) in [6.45, 7) is 5.79. The van der Waals surface area contributed by atoms with Gasteiger partial charge in [-0.3, -0.25) is 9.59 Å². The van der Waals surface area contributed by atoms with Crippen LogP contribution in [0.2, 0.25) is 0 Å². The second-order valence-electron chi connectivity index (χ2n) is 9.70. The first kappa shape index (κ1) is 18.5. The Balaban J connectivity index is 1.32. The summed E-state index contributed by atoms with van der Waals surface area (Å²) in [5.41, 5.74) is 0.741. The molecule has 0 spiro atoms. The summed E-state index contributed by atoms with van der Waals surface area (Å²) in [6.07, 6.45) is 8.87. The highest BCUT2D eigenvalue weighted by molar-refractivity contribution is 5.92. The largest absolute Gasteiger partial charge is 0.491 e. The summed E-state index contributed by atoms with van der Waals surface area (Å²) in [5.74, 6) is 0.677. The van der Waals surface area contributed by atoms with Gasteiger partial charge in [-0.05, 0) is 55.3 Å². The van der Waals surface area contributed by atoms with E-state index in [1.54, 1.807) is 0 Å². The minimum Gasteiger partial charge on any atom is -0.491 e. The molecule has 4 atom stereocenters. The van der Waals surface area contributed by atoms with Crippen molar-refractivity contribution in [2.45, 2.75) is 58.0 Å². The molecule has 148 valence electrons. The van der Waals surface area contributed by atoms with Crippen LogP contribution in [0.25, 0.3) is 0 Å². The number of hydrogen-bond donors (Lipinski definition) is 2. The van der Waals surface area contributed by atoms with Gasteiger partial charge >= 0.3 is 0 Å². The van der Waals surface area contributed by atoms with Gasteiger partial charge in [0.05, 0.1) is 19.3 Å². The molecule has 6 nitrogen and oxygen atoms in total. The zero-order valence-electron chi connectivity index (χ0n) is 16.5. The van der Waals surface area contributed by atoms with Gasteiger partial charge in [-0.15, -0.1) is 0 Å². The van der Waals surface area contributed by atoms with Crippen molar-refractivity contribution in [1.29, 1.82) is 0 Å². The summed E-state index contributed by atoms with van der Waals surface area (Å²) < 4.78 is 11.3. The van der Waals surface area contributed by atoms with E-state index in [0.29, 0.717) is 24.0 Å². The van der Waals surface area contributed by atoms with E-state index in [1.807, 2.05) is 0 Å². The van der Waals surface area contributed by atoms with E-state index in [-0.39, 0.29) is 28.4 Å². The van der Waals surface area contributed by atoms with Gasteiger partial charge < -0.3 is 19.8 Å². The first-order chi connectivity index (χ1) is 12.7. The van der Waals surface area contributed by atoms with E-state index >= 15 is 0 Å². The van der Waals surface area contributed by atoms with Crippen molar-refractivity contribution in [3.8, 4) is 5.75 Å². The highest BCUT2D eigenvalue weighted by atomic mass is 16.5. The number of methoxy groups -OCH3 is 1. The zero-order chi connectivity index (χ0) is 19.3. The lowest BCUT2D eigenvalue weighted by atomic mass is 9.43. The van der Waals surface area contributed by atoms with Crippen molar-refractivity contribution >= 4 is 5.91 Å². The summed E-state index contributed by atoms with van der Waals surface area (Å²) in [6, 6.07) is 1.26. The lowest BCUT2D eigenvalue weighted by Gasteiger charge is -2.65. The minimum absolute atomic E-state index is 0.0118. The Morgan fingerprint density at radius 3 is 2.52 bits per heavy atom. The van der Waals surface area contributed by atoms with E-state index in [1.165, 1.54) is 38.6 Å². The fourth-order valence-corrected chi connectivity index (χ4v) is 6.78. The summed E-state index contributed by atoms with van der Waals surface area (Å²) in [7, 11) is 1.42. The fourth-order valence-electron chi connectivity index (χ4n) is 6.78. The molecule has 1 aromatic rings. The molecule has 0 radical (unpaired) electrons. The molecule has 27 heavy (non-hydrogen) atoms. The van der Waals surface area contributed by atoms with E-state index in [0.717, 1.165) is 25.2 Å². The number of H-pyrrole nitrogens is 1. The van der Waals surface area contributed by atoms with Crippen LogP contribution in [0.4, 0.5) is 0 Å². The number of carbonyl (C=O) groups is 1. The molecule has 4 fully saturated rings. The van der Waals surface area contributed by atoms with Crippen molar-refractivity contribution in [3.05, 3.63) is 28.2 Å². The molecule has 2 unspecified atom stereocenters. The molecular formula is C21H30N2O4. The Bertz CT molecular complexity index is 784. The SMILES string of the molecule is COc1c[nH]c(C(=O)NCCOC23CC4C[C@@](C)(C2)C[C@](C)(C4)C3)cc1=O. The van der Waals surface area contributed by atoms with Crippen LogP contribution in [0.15, 0.2) is 17.1 Å². The molecule has 1 aromatic heterocycles. The molecule has 4 bridgehead atoms. The molecule has 4 aliphatic rings. The van der Waals surface area contributed by atoms with Gasteiger partial charge in [-0.1, -0.05) is 13.8 Å². The number of amides is 1. The van der Waals surface area contributed by atoms with Crippen LogP contribution in [0.5, 0.6) is 5.75 Å². The van der Waals surface area contributed by atoms with Crippen molar-refractivity contribution < 1.29 is 14.3 Å². The minimum atomic E-state index is -0.312. The van der Waals surface area contributed by atoms with E-state index in [2.05, 4.69) is 24.1 Å². The molecule has 1 amide bonds. The number of rotatable bonds is 6. The van der Waals surface area contributed by atoms with Crippen LogP contribution < -0.4 is 15.5 Å². The monoisotopic (exact) mass is 374 g/mol. The van der Waals surface area contributed by atoms with Crippen molar-refractivity contribution in [2.75, 3.05) is 20.3 Å². The normalized spacial score (nSPS) is 36.6. The molecule has 2 N–H and O–H groups in total. The van der Waals surface area contributed by atoms with Crippen LogP contribution in [0.1, 0.15) is 62.9 Å². The molecule has 0 aliphatic heterocycles. The maximum atomic E-state index is 12.2. The summed E-state index contributed by atoms with van der Waals surface area (Å²) >= 11 is 0. The van der Waals surface area contributed by atoms with Crippen molar-refractivity contribution in [3.63, 3.8) is 0 Å². The number of aromatic amines is 1. The van der Waals surface area contributed by atoms with Gasteiger partial charge in [0.1, 0.15) is 5.69 Å². The van der Waals surface area contributed by atoms with Crippen molar-refractivity contribution in [2.24, 2.45) is 16.7 Å². The maximum absolute atomic E-state index is 12.2. The van der Waals surface area contributed by atoms with Crippen LogP contribution >= 0.6 is 0 Å². The molecule has 5 rings (SSSR count). The van der Waals surface area contributed by atoms with Gasteiger partial charge in [0.25, 0.3) is 5.91 Å². The number of pyridine rings is 1. The highest BCUT2D eigenvalue weighted by Crippen LogP contribution is 2.67. The Morgan fingerprint density at radius 2 is 1.93 bits per heavy atom. The van der Waals surface area contributed by atoms with E-state index in [9.17, 15) is 9.59 Å². The van der Waals surface area contributed by atoms with E-state index in [4.69, 9.17) is 9.47 Å². The van der Waals surface area contributed by atoms with Crippen LogP contribution in [-0.2, 0) is 4.74 Å². The molecule has 4 saturated carbocycles. The van der Waals surface area contributed by atoms with Crippen LogP contribution in [-0.4, -0.2) is 36.8 Å². The zero-order valence-corrected chi connectivity index (χ0v) is 16.5. The molecule has 6 heteroatoms. The number of nitrogens with one attached hydrogen (secondary N) is 2. The number of aromatic nitrogens is 1.